The van der Waals surface area contributed by atoms with E-state index in [1.54, 1.807) is 0 Å². The second-order valence-corrected chi connectivity index (χ2v) is 11.9. The average Bonchev–Trinajstić information content (AvgIpc) is 3.15. The van der Waals surface area contributed by atoms with E-state index in [2.05, 4.69) is 60.8 Å². The van der Waals surface area contributed by atoms with Gasteiger partial charge in [-0.2, -0.15) is 13.2 Å². The molecule has 0 aliphatic heterocycles. The van der Waals surface area contributed by atoms with Crippen LogP contribution in [-0.2, 0) is 29.9 Å². The molecule has 200 valence electrons. The lowest BCUT2D eigenvalue weighted by Crippen LogP contribution is -2.46. The molecule has 0 spiro atoms. The highest BCUT2D eigenvalue weighted by Crippen LogP contribution is 2.21. The zero-order valence-corrected chi connectivity index (χ0v) is 22.8. The summed E-state index contributed by atoms with van der Waals surface area (Å²) < 4.78 is 81.2. The fourth-order valence-electron chi connectivity index (χ4n) is 3.72. The van der Waals surface area contributed by atoms with Crippen molar-refractivity contribution in [3.8, 4) is 5.69 Å². The first-order valence-electron chi connectivity index (χ1n) is 11.3. The second kappa shape index (κ2) is 13.5. The van der Waals surface area contributed by atoms with Gasteiger partial charge in [0.15, 0.2) is 10.1 Å². The van der Waals surface area contributed by atoms with Crippen LogP contribution in [0.5, 0.6) is 0 Å². The van der Waals surface area contributed by atoms with Gasteiger partial charge in [0.1, 0.15) is 18.1 Å². The largest absolute Gasteiger partial charge is 0.741 e. The first kappa shape index (κ1) is 31.3. The van der Waals surface area contributed by atoms with Crippen LogP contribution in [0, 0.1) is 20.8 Å². The van der Waals surface area contributed by atoms with Gasteiger partial charge in [-0.15, -0.1) is 0 Å². The normalized spacial score (nSPS) is 12.4. The fraction of sp³-hybridized carbons (Fsp3) is 0.591. The Morgan fingerprint density at radius 1 is 1.00 bits per heavy atom. The molecule has 2 rings (SSSR count). The first-order valence-corrected chi connectivity index (χ1v) is 14.6. The summed E-state index contributed by atoms with van der Waals surface area (Å²) in [4.78, 5) is 0. The van der Waals surface area contributed by atoms with E-state index in [1.165, 1.54) is 22.4 Å². The average molecular weight is 541 g/mol. The Kier molecular flexibility index (Phi) is 12.1. The number of nitrogens with zero attached hydrogens (tertiary/aromatic N) is 2. The Labute approximate surface area is 206 Å². The summed E-state index contributed by atoms with van der Waals surface area (Å²) in [6, 6.07) is 5.31. The third-order valence-corrected chi connectivity index (χ3v) is 8.58. The van der Waals surface area contributed by atoms with E-state index in [0.717, 1.165) is 19.0 Å². The molecule has 0 bridgehead atoms. The summed E-state index contributed by atoms with van der Waals surface area (Å²) in [6.07, 6.45) is 7.38. The monoisotopic (exact) mass is 540 g/mol. The zero-order chi connectivity index (χ0) is 26.9. The van der Waals surface area contributed by atoms with Crippen LogP contribution in [0.4, 0.5) is 13.2 Å². The van der Waals surface area contributed by atoms with Gasteiger partial charge in [0, 0.05) is 25.9 Å². The van der Waals surface area contributed by atoms with Crippen LogP contribution >= 0.6 is 0 Å². The Balaban J connectivity index is 0.000000658. The van der Waals surface area contributed by atoms with E-state index in [9.17, 15) is 13.2 Å². The summed E-state index contributed by atoms with van der Waals surface area (Å²) in [6.45, 7) is 15.3. The predicted octanol–water partition coefficient (Wildman–Crippen LogP) is 4.18. The molecule has 0 saturated heterocycles. The van der Waals surface area contributed by atoms with E-state index in [0.29, 0.717) is 19.8 Å². The molecule has 0 fully saturated rings. The van der Waals surface area contributed by atoms with Crippen molar-refractivity contribution >= 4 is 18.9 Å². The third kappa shape index (κ3) is 9.65. The Hall–Kier alpha value is -1.77. The van der Waals surface area contributed by atoms with Crippen molar-refractivity contribution < 1.29 is 44.0 Å². The lowest BCUT2D eigenvalue weighted by atomic mass is 10.1. The molecular weight excluding hydrogens is 505 g/mol. The van der Waals surface area contributed by atoms with E-state index < -0.39 is 24.4 Å². The van der Waals surface area contributed by atoms with Crippen molar-refractivity contribution in [1.82, 2.24) is 4.57 Å². The topological polar surface area (TPSA) is 93.7 Å². The predicted molar refractivity (Wildman–Crippen MR) is 126 cm³/mol. The van der Waals surface area contributed by atoms with Crippen LogP contribution in [0.3, 0.4) is 0 Å². The van der Waals surface area contributed by atoms with Gasteiger partial charge in [0.05, 0.1) is 6.54 Å². The number of alkyl halides is 3. The standard InChI is InChI=1S/C21H35N2O3Si.CHF3O3S/c1-7-24-27(25-8-2,26-9-3)14-10-11-22-12-13-23(17-22)21-19(5)15-18(4)16-20(21)6;2-1(3,4)8(5,6)7/h12-13,15-17H,7-11,14H2,1-6H3;(H,5,6,7)/q+1;/p-1. The van der Waals surface area contributed by atoms with Gasteiger partial charge in [-0.05, 0) is 59.1 Å². The van der Waals surface area contributed by atoms with Crippen LogP contribution in [0.1, 0.15) is 43.9 Å². The summed E-state index contributed by atoms with van der Waals surface area (Å²) in [7, 11) is -8.64. The molecule has 0 unspecified atom stereocenters. The number of hydrogen-bond acceptors (Lipinski definition) is 6. The quantitative estimate of drug-likeness (QED) is 0.184. The van der Waals surface area contributed by atoms with E-state index >= 15 is 0 Å². The Morgan fingerprint density at radius 2 is 1.46 bits per heavy atom. The summed E-state index contributed by atoms with van der Waals surface area (Å²) in [5.41, 5.74) is -0.484. The van der Waals surface area contributed by atoms with Gasteiger partial charge in [-0.3, -0.25) is 0 Å². The molecule has 1 aromatic carbocycles. The van der Waals surface area contributed by atoms with Crippen molar-refractivity contribution in [2.45, 2.75) is 66.1 Å². The highest BCUT2D eigenvalue weighted by molar-refractivity contribution is 7.86. The SMILES string of the molecule is CCO[Si](CCC[n+]1ccn(-c2c(C)cc(C)cc2C)c1)(OCC)OCC.O=S(=O)([O-])C(F)(F)F. The zero-order valence-electron chi connectivity index (χ0n) is 21.0. The van der Waals surface area contributed by atoms with Crippen LogP contribution in [0.2, 0.25) is 6.04 Å². The van der Waals surface area contributed by atoms with Crippen molar-refractivity contribution in [3.05, 3.63) is 47.5 Å². The third-order valence-electron chi connectivity index (χ3n) is 4.86. The van der Waals surface area contributed by atoms with E-state index in [1.807, 2.05) is 20.8 Å². The molecule has 35 heavy (non-hydrogen) atoms. The summed E-state index contributed by atoms with van der Waals surface area (Å²) in [5.74, 6) is 0. The molecule has 1 aromatic heterocycles. The molecular formula is C22H35F3N2O6SSi. The van der Waals surface area contributed by atoms with Crippen LogP contribution in [0.25, 0.3) is 5.69 Å². The maximum atomic E-state index is 10.7. The molecule has 8 nitrogen and oxygen atoms in total. The van der Waals surface area contributed by atoms with Crippen molar-refractivity contribution in [2.24, 2.45) is 0 Å². The maximum Gasteiger partial charge on any atom is 0.501 e. The van der Waals surface area contributed by atoms with E-state index in [4.69, 9.17) is 26.2 Å². The Morgan fingerprint density at radius 3 is 1.86 bits per heavy atom. The molecule has 0 amide bonds. The van der Waals surface area contributed by atoms with Gasteiger partial charge >= 0.3 is 14.3 Å². The number of hydrogen-bond donors (Lipinski definition) is 0. The molecule has 0 radical (unpaired) electrons. The number of aromatic nitrogens is 2. The van der Waals surface area contributed by atoms with Gasteiger partial charge in [-0.25, -0.2) is 17.6 Å². The lowest BCUT2D eigenvalue weighted by Gasteiger charge is -2.28. The molecule has 2 aromatic rings. The minimum atomic E-state index is -6.09. The first-order chi connectivity index (χ1) is 16.2. The number of imidazole rings is 1. The number of rotatable bonds is 11. The molecule has 13 heteroatoms. The van der Waals surface area contributed by atoms with Gasteiger partial charge < -0.3 is 17.8 Å². The second-order valence-electron chi connectivity index (χ2n) is 7.79. The number of aryl methyl sites for hydroxylation is 4. The molecule has 0 aliphatic carbocycles. The highest BCUT2D eigenvalue weighted by Gasteiger charge is 2.40. The summed E-state index contributed by atoms with van der Waals surface area (Å²) in [5, 5.41) is 0. The minimum absolute atomic E-state index is 0.627. The van der Waals surface area contributed by atoms with Gasteiger partial charge in [-0.1, -0.05) is 17.7 Å². The van der Waals surface area contributed by atoms with Crippen LogP contribution in [-0.4, -0.2) is 51.7 Å². The number of halogens is 3. The molecule has 0 atom stereocenters. The molecule has 0 aliphatic rings. The highest BCUT2D eigenvalue weighted by atomic mass is 32.2. The van der Waals surface area contributed by atoms with Crippen LogP contribution in [0.15, 0.2) is 30.9 Å². The van der Waals surface area contributed by atoms with Crippen molar-refractivity contribution in [3.63, 3.8) is 0 Å². The fourth-order valence-corrected chi connectivity index (χ4v) is 6.31. The maximum absolute atomic E-state index is 10.7. The van der Waals surface area contributed by atoms with Crippen LogP contribution < -0.4 is 4.57 Å². The Bertz CT molecular complexity index is 1000. The molecule has 0 saturated carbocycles. The van der Waals surface area contributed by atoms with Crippen molar-refractivity contribution in [1.29, 1.82) is 0 Å². The smallest absolute Gasteiger partial charge is 0.501 e. The molecule has 1 heterocycles. The minimum Gasteiger partial charge on any atom is -0.741 e. The molecule has 0 N–H and O–H groups in total. The van der Waals surface area contributed by atoms with E-state index in [-0.39, 0.29) is 0 Å². The van der Waals surface area contributed by atoms with Gasteiger partial charge in [0.2, 0.25) is 6.33 Å². The van der Waals surface area contributed by atoms with Gasteiger partial charge in [0.25, 0.3) is 0 Å². The van der Waals surface area contributed by atoms with Crippen molar-refractivity contribution in [2.75, 3.05) is 19.8 Å². The number of benzene rings is 1. The lowest BCUT2D eigenvalue weighted by molar-refractivity contribution is -0.696. The summed E-state index contributed by atoms with van der Waals surface area (Å²) >= 11 is 0.